The summed E-state index contributed by atoms with van der Waals surface area (Å²) in [5, 5.41) is 4.45. The number of carbonyl (C=O) groups excluding carboxylic acids is 1. The zero-order valence-electron chi connectivity index (χ0n) is 14.0. The van der Waals surface area contributed by atoms with E-state index in [0.29, 0.717) is 17.8 Å². The van der Waals surface area contributed by atoms with Crippen molar-refractivity contribution in [3.63, 3.8) is 0 Å². The fraction of sp³-hybridized carbons (Fsp3) is 0.765. The van der Waals surface area contributed by atoms with Gasteiger partial charge in [-0.3, -0.25) is 9.48 Å². The van der Waals surface area contributed by atoms with Crippen LogP contribution in [0.5, 0.6) is 0 Å². The fourth-order valence-corrected chi connectivity index (χ4v) is 4.11. The van der Waals surface area contributed by atoms with E-state index in [1.807, 2.05) is 9.58 Å². The van der Waals surface area contributed by atoms with E-state index < -0.39 is 0 Å². The number of nitrogens with zero attached hydrogens (tertiary/aromatic N) is 3. The molecule has 3 rings (SSSR count). The zero-order chi connectivity index (χ0) is 15.9. The summed E-state index contributed by atoms with van der Waals surface area (Å²) in [6.45, 7) is 9.00. The van der Waals surface area contributed by atoms with Crippen LogP contribution >= 0.6 is 0 Å². The molecule has 2 N–H and O–H groups in total. The van der Waals surface area contributed by atoms with Gasteiger partial charge >= 0.3 is 0 Å². The number of aromatic nitrogens is 2. The molecule has 5 heteroatoms. The third-order valence-corrected chi connectivity index (χ3v) is 5.25. The second kappa shape index (κ2) is 6.03. The summed E-state index contributed by atoms with van der Waals surface area (Å²) < 4.78 is 2.00. The first kappa shape index (κ1) is 15.5. The van der Waals surface area contributed by atoms with E-state index in [1.165, 1.54) is 6.42 Å². The lowest BCUT2D eigenvalue weighted by molar-refractivity contribution is 0.0778. The lowest BCUT2D eigenvalue weighted by Gasteiger charge is -2.19. The molecular weight excluding hydrogens is 276 g/mol. The van der Waals surface area contributed by atoms with Crippen LogP contribution in [0.15, 0.2) is 6.20 Å². The smallest absolute Gasteiger partial charge is 0.257 e. The largest absolute Gasteiger partial charge is 0.338 e. The molecule has 122 valence electrons. The van der Waals surface area contributed by atoms with Crippen molar-refractivity contribution in [3.8, 4) is 0 Å². The van der Waals surface area contributed by atoms with E-state index in [2.05, 4.69) is 25.9 Å². The van der Waals surface area contributed by atoms with Crippen LogP contribution < -0.4 is 5.73 Å². The van der Waals surface area contributed by atoms with Gasteiger partial charge < -0.3 is 10.6 Å². The molecule has 1 amide bonds. The highest BCUT2D eigenvalue weighted by Crippen LogP contribution is 2.37. The topological polar surface area (TPSA) is 64.2 Å². The third-order valence-electron chi connectivity index (χ3n) is 5.25. The van der Waals surface area contributed by atoms with Gasteiger partial charge in [0.05, 0.1) is 17.5 Å². The van der Waals surface area contributed by atoms with Crippen molar-refractivity contribution in [2.75, 3.05) is 13.1 Å². The second-order valence-electron chi connectivity index (χ2n) is 7.31. The highest BCUT2D eigenvalue weighted by molar-refractivity contribution is 5.95. The van der Waals surface area contributed by atoms with Gasteiger partial charge in [0.15, 0.2) is 0 Å². The van der Waals surface area contributed by atoms with Gasteiger partial charge in [0, 0.05) is 25.7 Å². The lowest BCUT2D eigenvalue weighted by Crippen LogP contribution is -2.33. The quantitative estimate of drug-likeness (QED) is 0.924. The first-order valence-corrected chi connectivity index (χ1v) is 8.60. The first-order chi connectivity index (χ1) is 10.5. The average Bonchev–Trinajstić information content (AvgIpc) is 3.14. The van der Waals surface area contributed by atoms with E-state index >= 15 is 0 Å². The molecule has 22 heavy (non-hydrogen) atoms. The second-order valence-corrected chi connectivity index (χ2v) is 7.31. The average molecular weight is 304 g/mol. The van der Waals surface area contributed by atoms with Crippen LogP contribution in [-0.4, -0.2) is 39.7 Å². The summed E-state index contributed by atoms with van der Waals surface area (Å²) in [7, 11) is 0. The monoisotopic (exact) mass is 304 g/mol. The maximum Gasteiger partial charge on any atom is 0.257 e. The molecule has 1 aromatic heterocycles. The van der Waals surface area contributed by atoms with Crippen molar-refractivity contribution in [1.29, 1.82) is 0 Å². The summed E-state index contributed by atoms with van der Waals surface area (Å²) in [5.41, 5.74) is 8.04. The number of carbonyl (C=O) groups is 1. The molecule has 2 heterocycles. The molecule has 5 nitrogen and oxygen atoms in total. The van der Waals surface area contributed by atoms with Gasteiger partial charge in [-0.1, -0.05) is 20.8 Å². The van der Waals surface area contributed by atoms with Crippen LogP contribution in [0.1, 0.15) is 49.7 Å². The minimum absolute atomic E-state index is 0.147. The molecule has 3 unspecified atom stereocenters. The van der Waals surface area contributed by atoms with Crippen LogP contribution in [0.25, 0.3) is 0 Å². The number of hydrogen-bond acceptors (Lipinski definition) is 3. The summed E-state index contributed by atoms with van der Waals surface area (Å²) in [4.78, 5) is 14.9. The van der Waals surface area contributed by atoms with Gasteiger partial charge in [-0.2, -0.15) is 5.10 Å². The van der Waals surface area contributed by atoms with Crippen molar-refractivity contribution in [1.82, 2.24) is 14.7 Å². The van der Waals surface area contributed by atoms with Gasteiger partial charge in [0.1, 0.15) is 0 Å². The van der Waals surface area contributed by atoms with Gasteiger partial charge in [-0.05, 0) is 37.0 Å². The number of likely N-dealkylation sites (tertiary alicyclic amines) is 1. The maximum absolute atomic E-state index is 12.9. The minimum Gasteiger partial charge on any atom is -0.338 e. The van der Waals surface area contributed by atoms with Crippen LogP contribution in [0.2, 0.25) is 0 Å². The Balaban J connectivity index is 1.77. The van der Waals surface area contributed by atoms with E-state index in [-0.39, 0.29) is 11.9 Å². The number of nitrogens with two attached hydrogens (primary N) is 1. The Morgan fingerprint density at radius 3 is 2.82 bits per heavy atom. The predicted octanol–water partition coefficient (Wildman–Crippen LogP) is 1.91. The van der Waals surface area contributed by atoms with E-state index in [1.54, 1.807) is 6.20 Å². The number of hydrogen-bond donors (Lipinski definition) is 1. The molecule has 1 aliphatic heterocycles. The Labute approximate surface area is 132 Å². The Morgan fingerprint density at radius 2 is 2.18 bits per heavy atom. The molecule has 0 spiro atoms. The molecule has 0 aromatic carbocycles. The lowest BCUT2D eigenvalue weighted by atomic mass is 9.98. The molecule has 0 bridgehead atoms. The van der Waals surface area contributed by atoms with E-state index in [0.717, 1.165) is 43.7 Å². The number of rotatable bonds is 4. The highest BCUT2D eigenvalue weighted by Gasteiger charge is 2.43. The summed E-state index contributed by atoms with van der Waals surface area (Å²) >= 11 is 0. The SMILES string of the molecule is CCc1c(C(=O)N2CC3CCC(N)C3C2)cnn1CC(C)C. The summed E-state index contributed by atoms with van der Waals surface area (Å²) in [6.07, 6.45) is 4.89. The summed E-state index contributed by atoms with van der Waals surface area (Å²) in [5.74, 6) is 1.78. The van der Waals surface area contributed by atoms with Crippen LogP contribution in [0.3, 0.4) is 0 Å². The maximum atomic E-state index is 12.9. The first-order valence-electron chi connectivity index (χ1n) is 8.60. The third kappa shape index (κ3) is 2.67. The molecule has 1 saturated carbocycles. The van der Waals surface area contributed by atoms with Crippen molar-refractivity contribution in [2.24, 2.45) is 23.5 Å². The molecule has 1 aromatic rings. The van der Waals surface area contributed by atoms with Crippen molar-refractivity contribution < 1.29 is 4.79 Å². The molecule has 1 saturated heterocycles. The van der Waals surface area contributed by atoms with Crippen molar-refractivity contribution >= 4 is 5.91 Å². The van der Waals surface area contributed by atoms with E-state index in [9.17, 15) is 4.79 Å². The number of fused-ring (bicyclic) bond motifs is 1. The minimum atomic E-state index is 0.147. The van der Waals surface area contributed by atoms with Gasteiger partial charge in [0.25, 0.3) is 5.91 Å². The molecular formula is C17H28N4O. The van der Waals surface area contributed by atoms with Gasteiger partial charge in [-0.15, -0.1) is 0 Å². The predicted molar refractivity (Wildman–Crippen MR) is 86.5 cm³/mol. The Hall–Kier alpha value is -1.36. The molecule has 1 aliphatic carbocycles. The fourth-order valence-electron chi connectivity index (χ4n) is 4.11. The van der Waals surface area contributed by atoms with Crippen LogP contribution in [0.4, 0.5) is 0 Å². The summed E-state index contributed by atoms with van der Waals surface area (Å²) in [6, 6.07) is 0.275. The van der Waals surface area contributed by atoms with Crippen LogP contribution in [0, 0.1) is 17.8 Å². The molecule has 0 radical (unpaired) electrons. The van der Waals surface area contributed by atoms with E-state index in [4.69, 9.17) is 5.73 Å². The Kier molecular flexibility index (Phi) is 4.26. The van der Waals surface area contributed by atoms with Crippen molar-refractivity contribution in [3.05, 3.63) is 17.5 Å². The zero-order valence-corrected chi connectivity index (χ0v) is 14.0. The highest BCUT2D eigenvalue weighted by atomic mass is 16.2. The Morgan fingerprint density at radius 1 is 1.41 bits per heavy atom. The molecule has 3 atom stereocenters. The normalized spacial score (nSPS) is 27.7. The molecule has 2 aliphatic rings. The standard InChI is InChI=1S/C17H28N4O/c1-4-16-13(7-19-21(16)8-11(2)3)17(22)20-9-12-5-6-15(18)14(12)10-20/h7,11-12,14-15H,4-6,8-10,18H2,1-3H3. The van der Waals surface area contributed by atoms with Gasteiger partial charge in [-0.25, -0.2) is 0 Å². The van der Waals surface area contributed by atoms with Crippen LogP contribution in [-0.2, 0) is 13.0 Å². The van der Waals surface area contributed by atoms with Crippen molar-refractivity contribution in [2.45, 2.75) is 52.6 Å². The molecule has 2 fully saturated rings. The Bertz CT molecular complexity index is 551. The van der Waals surface area contributed by atoms with Gasteiger partial charge in [0.2, 0.25) is 0 Å². The number of amides is 1.